The molecule has 0 aromatic heterocycles. The molecule has 0 atom stereocenters. The van der Waals surface area contributed by atoms with E-state index in [9.17, 15) is 9.90 Å². The van der Waals surface area contributed by atoms with Crippen LogP contribution in [0.5, 0.6) is 5.75 Å². The molecule has 2 rings (SSSR count). The lowest BCUT2D eigenvalue weighted by Gasteiger charge is -2.26. The van der Waals surface area contributed by atoms with Gasteiger partial charge in [0.15, 0.2) is 0 Å². The summed E-state index contributed by atoms with van der Waals surface area (Å²) in [6, 6.07) is 3.90. The zero-order valence-electron chi connectivity index (χ0n) is 10.7. The highest BCUT2D eigenvalue weighted by molar-refractivity contribution is 7.98. The number of aryl methyl sites for hydroxylation is 1. The summed E-state index contributed by atoms with van der Waals surface area (Å²) in [6.07, 6.45) is 7.37. The Hall–Kier alpha value is -1.25. The number of isocyanates is 1. The van der Waals surface area contributed by atoms with Crippen LogP contribution in [0.2, 0.25) is 0 Å². The van der Waals surface area contributed by atoms with Crippen molar-refractivity contribution in [1.82, 2.24) is 0 Å². The summed E-state index contributed by atoms with van der Waals surface area (Å²) >= 11 is 1.58. The van der Waals surface area contributed by atoms with Gasteiger partial charge in [-0.1, -0.05) is 18.9 Å². The molecule has 18 heavy (non-hydrogen) atoms. The first kappa shape index (κ1) is 13.2. The summed E-state index contributed by atoms with van der Waals surface area (Å²) < 4.78 is 0. The van der Waals surface area contributed by atoms with Gasteiger partial charge in [-0.3, -0.25) is 0 Å². The number of nitrogens with zero attached hydrogens (tertiary/aromatic N) is 1. The summed E-state index contributed by atoms with van der Waals surface area (Å²) in [5, 5.41) is 10.4. The molecule has 0 heterocycles. The molecular formula is C14H17NO2S. The number of thioether (sulfide) groups is 1. The van der Waals surface area contributed by atoms with Crippen LogP contribution < -0.4 is 0 Å². The number of aromatic hydroxyl groups is 1. The molecule has 0 bridgehead atoms. The fraction of sp³-hybridized carbons (Fsp3) is 0.500. The Balaban J connectivity index is 2.67. The van der Waals surface area contributed by atoms with Gasteiger partial charge in [0.25, 0.3) is 0 Å². The SMILES string of the molecule is CSc1ccc(C)c(O)c1C1(N=C=O)CCCC1. The maximum absolute atomic E-state index is 10.8. The summed E-state index contributed by atoms with van der Waals surface area (Å²) in [6.45, 7) is 1.87. The largest absolute Gasteiger partial charge is 0.507 e. The molecule has 1 saturated carbocycles. The fourth-order valence-corrected chi connectivity index (χ4v) is 3.46. The normalized spacial score (nSPS) is 17.4. The average Bonchev–Trinajstić information content (AvgIpc) is 2.82. The van der Waals surface area contributed by atoms with Gasteiger partial charge in [0.1, 0.15) is 11.3 Å². The first-order valence-corrected chi connectivity index (χ1v) is 7.33. The molecule has 0 unspecified atom stereocenters. The minimum atomic E-state index is -0.559. The molecule has 0 amide bonds. The predicted molar refractivity (Wildman–Crippen MR) is 72.9 cm³/mol. The van der Waals surface area contributed by atoms with Crippen molar-refractivity contribution in [2.24, 2.45) is 4.99 Å². The number of hydrogen-bond acceptors (Lipinski definition) is 4. The van der Waals surface area contributed by atoms with E-state index in [1.165, 1.54) is 0 Å². The maximum Gasteiger partial charge on any atom is 0.235 e. The van der Waals surface area contributed by atoms with E-state index in [0.717, 1.165) is 41.7 Å². The van der Waals surface area contributed by atoms with Gasteiger partial charge >= 0.3 is 0 Å². The Morgan fingerprint density at radius 2 is 2.06 bits per heavy atom. The number of carbonyl (C=O) groups excluding carboxylic acids is 1. The van der Waals surface area contributed by atoms with Crippen molar-refractivity contribution in [3.05, 3.63) is 23.3 Å². The Morgan fingerprint density at radius 3 is 2.61 bits per heavy atom. The van der Waals surface area contributed by atoms with Crippen molar-refractivity contribution in [1.29, 1.82) is 0 Å². The highest BCUT2D eigenvalue weighted by atomic mass is 32.2. The zero-order valence-corrected chi connectivity index (χ0v) is 11.5. The predicted octanol–water partition coefficient (Wildman–Crippen LogP) is 3.53. The Morgan fingerprint density at radius 1 is 1.39 bits per heavy atom. The van der Waals surface area contributed by atoms with E-state index in [1.807, 2.05) is 25.3 Å². The van der Waals surface area contributed by atoms with E-state index in [0.29, 0.717) is 0 Å². The number of phenolic OH excluding ortho intramolecular Hbond substituents is 1. The molecule has 1 aliphatic rings. The van der Waals surface area contributed by atoms with Crippen LogP contribution in [0.15, 0.2) is 22.0 Å². The van der Waals surface area contributed by atoms with Crippen LogP contribution in [0.1, 0.15) is 36.8 Å². The summed E-state index contributed by atoms with van der Waals surface area (Å²) in [4.78, 5) is 15.8. The first-order valence-electron chi connectivity index (χ1n) is 6.11. The number of phenols is 1. The third-order valence-electron chi connectivity index (χ3n) is 3.72. The van der Waals surface area contributed by atoms with Gasteiger partial charge in [-0.2, -0.15) is 4.99 Å². The Bertz CT molecular complexity index is 501. The second kappa shape index (κ2) is 5.17. The van der Waals surface area contributed by atoms with Crippen LogP contribution >= 0.6 is 11.8 Å². The van der Waals surface area contributed by atoms with Crippen molar-refractivity contribution >= 4 is 17.8 Å². The van der Waals surface area contributed by atoms with Gasteiger partial charge in [-0.15, -0.1) is 11.8 Å². The lowest BCUT2D eigenvalue weighted by Crippen LogP contribution is -2.20. The van der Waals surface area contributed by atoms with Gasteiger partial charge < -0.3 is 5.11 Å². The highest BCUT2D eigenvalue weighted by Gasteiger charge is 2.39. The van der Waals surface area contributed by atoms with Gasteiger partial charge in [0, 0.05) is 10.5 Å². The summed E-state index contributed by atoms with van der Waals surface area (Å²) in [5.41, 5.74) is 1.09. The van der Waals surface area contributed by atoms with E-state index in [2.05, 4.69) is 4.99 Å². The monoisotopic (exact) mass is 263 g/mol. The van der Waals surface area contributed by atoms with Gasteiger partial charge in [-0.05, 0) is 37.7 Å². The molecule has 1 aliphatic carbocycles. The smallest absolute Gasteiger partial charge is 0.235 e. The molecule has 0 saturated heterocycles. The second-order valence-corrected chi connectivity index (χ2v) is 5.60. The molecule has 4 heteroatoms. The van der Waals surface area contributed by atoms with Crippen LogP contribution in [0.4, 0.5) is 0 Å². The number of hydrogen-bond donors (Lipinski definition) is 1. The zero-order chi connectivity index (χ0) is 13.2. The molecule has 96 valence electrons. The molecule has 1 aromatic rings. The minimum absolute atomic E-state index is 0.280. The molecule has 1 aromatic carbocycles. The van der Waals surface area contributed by atoms with E-state index < -0.39 is 5.54 Å². The maximum atomic E-state index is 10.8. The number of rotatable bonds is 3. The van der Waals surface area contributed by atoms with Crippen molar-refractivity contribution in [3.63, 3.8) is 0 Å². The fourth-order valence-electron chi connectivity index (χ4n) is 2.76. The van der Waals surface area contributed by atoms with Gasteiger partial charge in [-0.25, -0.2) is 4.79 Å². The standard InChI is InChI=1S/C14H17NO2S/c1-10-5-6-11(18-2)12(13(10)17)14(15-9-16)7-3-4-8-14/h5-6,17H,3-4,7-8H2,1-2H3. The van der Waals surface area contributed by atoms with E-state index in [1.54, 1.807) is 17.8 Å². The van der Waals surface area contributed by atoms with Crippen molar-refractivity contribution in [3.8, 4) is 5.75 Å². The van der Waals surface area contributed by atoms with Crippen LogP contribution in [0, 0.1) is 6.92 Å². The van der Waals surface area contributed by atoms with E-state index in [4.69, 9.17) is 0 Å². The molecule has 1 N–H and O–H groups in total. The molecule has 0 aliphatic heterocycles. The van der Waals surface area contributed by atoms with Gasteiger partial charge in [0.2, 0.25) is 6.08 Å². The molecule has 3 nitrogen and oxygen atoms in total. The van der Waals surface area contributed by atoms with Crippen molar-refractivity contribution in [2.45, 2.75) is 43.0 Å². The van der Waals surface area contributed by atoms with Crippen LogP contribution in [-0.4, -0.2) is 17.4 Å². The minimum Gasteiger partial charge on any atom is -0.507 e. The van der Waals surface area contributed by atoms with Crippen LogP contribution in [0.25, 0.3) is 0 Å². The summed E-state index contributed by atoms with van der Waals surface area (Å²) in [5.74, 6) is 0.280. The second-order valence-electron chi connectivity index (χ2n) is 4.75. The number of benzene rings is 1. The lowest BCUT2D eigenvalue weighted by molar-refractivity contribution is 0.399. The average molecular weight is 263 g/mol. The van der Waals surface area contributed by atoms with Crippen LogP contribution in [0.3, 0.4) is 0 Å². The van der Waals surface area contributed by atoms with E-state index >= 15 is 0 Å². The van der Waals surface area contributed by atoms with Crippen molar-refractivity contribution < 1.29 is 9.90 Å². The molecule has 0 spiro atoms. The topological polar surface area (TPSA) is 49.7 Å². The highest BCUT2D eigenvalue weighted by Crippen LogP contribution is 2.49. The Labute approximate surface area is 111 Å². The first-order chi connectivity index (χ1) is 8.64. The molecular weight excluding hydrogens is 246 g/mol. The molecule has 0 radical (unpaired) electrons. The van der Waals surface area contributed by atoms with Crippen molar-refractivity contribution in [2.75, 3.05) is 6.26 Å². The Kier molecular flexibility index (Phi) is 3.79. The van der Waals surface area contributed by atoms with Crippen LogP contribution in [-0.2, 0) is 10.3 Å². The van der Waals surface area contributed by atoms with E-state index in [-0.39, 0.29) is 5.75 Å². The summed E-state index contributed by atoms with van der Waals surface area (Å²) in [7, 11) is 0. The quantitative estimate of drug-likeness (QED) is 0.515. The third-order valence-corrected chi connectivity index (χ3v) is 4.50. The van der Waals surface area contributed by atoms with Gasteiger partial charge in [0.05, 0.1) is 0 Å². The number of aliphatic imine (C=N–C) groups is 1. The third kappa shape index (κ3) is 2.06. The lowest BCUT2D eigenvalue weighted by atomic mass is 9.87. The molecule has 1 fully saturated rings.